The molecule has 3 aromatic rings. The molecule has 0 saturated heterocycles. The van der Waals surface area contributed by atoms with Gasteiger partial charge in [0.15, 0.2) is 0 Å². The summed E-state index contributed by atoms with van der Waals surface area (Å²) in [6.45, 7) is 2.25. The molecule has 3 atom stereocenters. The second kappa shape index (κ2) is 6.45. The maximum Gasteiger partial charge on any atom is 0.124 e. The maximum atomic E-state index is 6.02. The van der Waals surface area contributed by atoms with E-state index in [9.17, 15) is 0 Å². The van der Waals surface area contributed by atoms with Gasteiger partial charge in [-0.1, -0.05) is 86.5 Å². The Hall–Kier alpha value is -2.10. The van der Waals surface area contributed by atoms with E-state index in [-0.39, 0.29) is 5.41 Å². The maximum absolute atomic E-state index is 6.02. The summed E-state index contributed by atoms with van der Waals surface area (Å²) in [4.78, 5) is 0. The van der Waals surface area contributed by atoms with Crippen molar-refractivity contribution in [1.29, 1.82) is 0 Å². The molecule has 0 amide bonds. The van der Waals surface area contributed by atoms with Crippen molar-refractivity contribution in [2.24, 2.45) is 5.92 Å². The first-order valence-corrected chi connectivity index (χ1v) is 11.8. The van der Waals surface area contributed by atoms with E-state index >= 15 is 0 Å². The highest BCUT2D eigenvalue weighted by Crippen LogP contribution is 2.68. The lowest BCUT2D eigenvalue weighted by Crippen LogP contribution is -2.34. The van der Waals surface area contributed by atoms with Gasteiger partial charge in [0, 0.05) is 31.9 Å². The lowest BCUT2D eigenvalue weighted by molar-refractivity contribution is 0.388. The number of rotatable bonds is 1. The summed E-state index contributed by atoms with van der Waals surface area (Å²) in [7, 11) is 1.79. The number of benzene rings is 3. The Morgan fingerprint density at radius 3 is 2.47 bits per heavy atom. The van der Waals surface area contributed by atoms with Gasteiger partial charge in [-0.3, -0.25) is 0 Å². The summed E-state index contributed by atoms with van der Waals surface area (Å²) in [5.41, 5.74) is 9.10. The standard InChI is InChI=1S/C27H20Br2O/c1-15-11-12-20(28)23-16-7-3-5-9-18(16)27(25(15)23)19-10-6-4-8-17(19)24-21(29)13-14-22(30-2)26(24)27/h3-14,16,18H,1-2H3. The van der Waals surface area contributed by atoms with Crippen LogP contribution in [0.2, 0.25) is 0 Å². The first-order valence-electron chi connectivity index (χ1n) is 10.2. The van der Waals surface area contributed by atoms with Crippen molar-refractivity contribution in [3.05, 3.63) is 110 Å². The van der Waals surface area contributed by atoms with E-state index in [1.807, 2.05) is 0 Å². The van der Waals surface area contributed by atoms with Crippen LogP contribution in [0.15, 0.2) is 81.8 Å². The first-order chi connectivity index (χ1) is 14.6. The van der Waals surface area contributed by atoms with Crippen molar-refractivity contribution in [3.63, 3.8) is 0 Å². The van der Waals surface area contributed by atoms with Crippen molar-refractivity contribution >= 4 is 31.9 Å². The van der Waals surface area contributed by atoms with E-state index in [1.54, 1.807) is 7.11 Å². The van der Waals surface area contributed by atoms with Crippen molar-refractivity contribution < 1.29 is 4.74 Å². The second-order valence-corrected chi connectivity index (χ2v) is 10.0. The average molecular weight is 520 g/mol. The van der Waals surface area contributed by atoms with Gasteiger partial charge in [-0.05, 0) is 52.9 Å². The van der Waals surface area contributed by atoms with Gasteiger partial charge in [0.2, 0.25) is 0 Å². The molecule has 3 aliphatic rings. The molecule has 0 aromatic heterocycles. The second-order valence-electron chi connectivity index (χ2n) is 8.33. The largest absolute Gasteiger partial charge is 0.496 e. The van der Waals surface area contributed by atoms with Crippen LogP contribution in [0, 0.1) is 12.8 Å². The van der Waals surface area contributed by atoms with Crippen LogP contribution in [0.25, 0.3) is 11.1 Å². The van der Waals surface area contributed by atoms with Crippen molar-refractivity contribution in [3.8, 4) is 16.9 Å². The first kappa shape index (κ1) is 18.7. The lowest BCUT2D eigenvalue weighted by atomic mass is 9.64. The number of halogens is 2. The van der Waals surface area contributed by atoms with Crippen LogP contribution in [-0.2, 0) is 5.41 Å². The molecule has 6 rings (SSSR count). The highest BCUT2D eigenvalue weighted by atomic mass is 79.9. The number of methoxy groups -OCH3 is 1. The number of fused-ring (bicyclic) bond motifs is 10. The number of hydrogen-bond donors (Lipinski definition) is 0. The smallest absolute Gasteiger partial charge is 0.124 e. The van der Waals surface area contributed by atoms with Gasteiger partial charge < -0.3 is 4.74 Å². The van der Waals surface area contributed by atoms with Gasteiger partial charge in [-0.25, -0.2) is 0 Å². The van der Waals surface area contributed by atoms with Crippen LogP contribution in [0.1, 0.15) is 33.7 Å². The molecule has 3 unspecified atom stereocenters. The van der Waals surface area contributed by atoms with E-state index in [1.165, 1.54) is 43.4 Å². The summed E-state index contributed by atoms with van der Waals surface area (Å²) in [5.74, 6) is 1.57. The molecule has 3 aliphatic carbocycles. The summed E-state index contributed by atoms with van der Waals surface area (Å²) >= 11 is 7.78. The molecule has 3 aromatic carbocycles. The van der Waals surface area contributed by atoms with Gasteiger partial charge in [0.1, 0.15) is 5.75 Å². The summed E-state index contributed by atoms with van der Waals surface area (Å²) in [5, 5.41) is 0. The van der Waals surface area contributed by atoms with E-state index < -0.39 is 0 Å². The topological polar surface area (TPSA) is 9.23 Å². The minimum atomic E-state index is -0.282. The summed E-state index contributed by atoms with van der Waals surface area (Å²) < 4.78 is 8.33. The molecule has 0 bridgehead atoms. The number of ether oxygens (including phenoxy) is 1. The fourth-order valence-corrected chi connectivity index (χ4v) is 7.32. The summed E-state index contributed by atoms with van der Waals surface area (Å²) in [6.07, 6.45) is 9.18. The third kappa shape index (κ3) is 2.08. The molecule has 3 heteroatoms. The Morgan fingerprint density at radius 2 is 1.63 bits per heavy atom. The molecule has 30 heavy (non-hydrogen) atoms. The van der Waals surface area contributed by atoms with Gasteiger partial charge in [-0.15, -0.1) is 0 Å². The number of aryl methyl sites for hydroxylation is 1. The number of hydrogen-bond acceptors (Lipinski definition) is 1. The highest BCUT2D eigenvalue weighted by molar-refractivity contribution is 9.10. The zero-order chi connectivity index (χ0) is 20.6. The predicted octanol–water partition coefficient (Wildman–Crippen LogP) is 7.68. The molecule has 1 nitrogen and oxygen atoms in total. The van der Waals surface area contributed by atoms with Gasteiger partial charge in [-0.2, -0.15) is 0 Å². The minimum absolute atomic E-state index is 0.282. The Kier molecular flexibility index (Phi) is 4.01. The van der Waals surface area contributed by atoms with Crippen molar-refractivity contribution in [1.82, 2.24) is 0 Å². The molecular weight excluding hydrogens is 500 g/mol. The molecule has 0 heterocycles. The summed E-state index contributed by atoms with van der Waals surface area (Å²) in [6, 6.07) is 17.6. The van der Waals surface area contributed by atoms with Crippen LogP contribution in [0.3, 0.4) is 0 Å². The normalized spacial score (nSPS) is 24.5. The molecule has 0 N–H and O–H groups in total. The quantitative estimate of drug-likeness (QED) is 0.320. The molecule has 0 aliphatic heterocycles. The van der Waals surface area contributed by atoms with Gasteiger partial charge in [0.25, 0.3) is 0 Å². The van der Waals surface area contributed by atoms with Crippen molar-refractivity contribution in [2.45, 2.75) is 18.3 Å². The monoisotopic (exact) mass is 518 g/mol. The van der Waals surface area contributed by atoms with Crippen LogP contribution in [-0.4, -0.2) is 7.11 Å². The van der Waals surface area contributed by atoms with E-state index in [0.717, 1.165) is 10.2 Å². The van der Waals surface area contributed by atoms with E-state index in [0.29, 0.717) is 11.8 Å². The Bertz CT molecular complexity index is 1290. The molecule has 0 saturated carbocycles. The highest BCUT2D eigenvalue weighted by Gasteiger charge is 2.59. The average Bonchev–Trinajstić information content (AvgIpc) is 3.25. The zero-order valence-corrected chi connectivity index (χ0v) is 19.9. The minimum Gasteiger partial charge on any atom is -0.496 e. The fraction of sp³-hybridized carbons (Fsp3) is 0.185. The van der Waals surface area contributed by atoms with Crippen LogP contribution in [0.4, 0.5) is 0 Å². The molecule has 1 spiro atoms. The van der Waals surface area contributed by atoms with Crippen LogP contribution in [0.5, 0.6) is 5.75 Å². The Labute approximate surface area is 193 Å². The SMILES string of the molecule is COc1ccc(Br)c2c1C1(c3ccccc3-2)c2c(C)ccc(Br)c2C2C=CC=CC21. The third-order valence-electron chi connectivity index (χ3n) is 7.11. The van der Waals surface area contributed by atoms with Gasteiger partial charge >= 0.3 is 0 Å². The van der Waals surface area contributed by atoms with Crippen molar-refractivity contribution in [2.75, 3.05) is 7.11 Å². The Morgan fingerprint density at radius 1 is 0.867 bits per heavy atom. The van der Waals surface area contributed by atoms with E-state index in [2.05, 4.69) is 112 Å². The zero-order valence-electron chi connectivity index (χ0n) is 16.7. The molecule has 0 radical (unpaired) electrons. The van der Waals surface area contributed by atoms with Gasteiger partial charge in [0.05, 0.1) is 12.5 Å². The molecular formula is C27H20Br2O. The third-order valence-corrected chi connectivity index (χ3v) is 8.47. The van der Waals surface area contributed by atoms with Crippen LogP contribution >= 0.6 is 31.9 Å². The van der Waals surface area contributed by atoms with Crippen LogP contribution < -0.4 is 4.74 Å². The number of allylic oxidation sites excluding steroid dienone is 4. The molecule has 0 fully saturated rings. The van der Waals surface area contributed by atoms with E-state index in [4.69, 9.17) is 4.74 Å². The predicted molar refractivity (Wildman–Crippen MR) is 129 cm³/mol. The lowest BCUT2D eigenvalue weighted by Gasteiger charge is -2.37. The molecule has 148 valence electrons. The Balaban J connectivity index is 1.87. The fourth-order valence-electron chi connectivity index (χ4n) is 6.18.